The molecule has 0 aliphatic carbocycles. The molecule has 0 unspecified atom stereocenters. The molecule has 0 aliphatic rings. The van der Waals surface area contributed by atoms with E-state index in [1.54, 1.807) is 13.1 Å². The molecule has 0 saturated heterocycles. The summed E-state index contributed by atoms with van der Waals surface area (Å²) >= 11 is 0. The van der Waals surface area contributed by atoms with Gasteiger partial charge in [0.1, 0.15) is 12.3 Å². The van der Waals surface area contributed by atoms with Crippen LogP contribution in [0.25, 0.3) is 0 Å². The number of aryl methyl sites for hydroxylation is 2. The first-order valence-electron chi connectivity index (χ1n) is 6.24. The van der Waals surface area contributed by atoms with Crippen LogP contribution in [0.15, 0.2) is 39.9 Å². The Bertz CT molecular complexity index is 574. The molecule has 0 atom stereocenters. The zero-order valence-corrected chi connectivity index (χ0v) is 11.2. The first-order chi connectivity index (χ1) is 9.17. The van der Waals surface area contributed by atoms with Gasteiger partial charge in [-0.05, 0) is 24.1 Å². The monoisotopic (exact) mass is 258 g/mol. The summed E-state index contributed by atoms with van der Waals surface area (Å²) in [6, 6.07) is 8.09. The SMILES string of the molecule is CCc1cccc(NC(N)=NCc2cnc(C)o2)c1. The summed E-state index contributed by atoms with van der Waals surface area (Å²) in [7, 11) is 0. The van der Waals surface area contributed by atoms with E-state index < -0.39 is 0 Å². The largest absolute Gasteiger partial charge is 0.444 e. The standard InChI is InChI=1S/C14H18N4O/c1-3-11-5-4-6-12(7-11)18-14(15)17-9-13-8-16-10(2)19-13/h4-8H,3,9H2,1-2H3,(H3,15,17,18). The zero-order valence-electron chi connectivity index (χ0n) is 11.2. The Morgan fingerprint density at radius 2 is 2.32 bits per heavy atom. The van der Waals surface area contributed by atoms with E-state index in [9.17, 15) is 0 Å². The van der Waals surface area contributed by atoms with Gasteiger partial charge in [-0.2, -0.15) is 0 Å². The molecular formula is C14H18N4O. The van der Waals surface area contributed by atoms with Crippen molar-refractivity contribution < 1.29 is 4.42 Å². The highest BCUT2D eigenvalue weighted by Crippen LogP contribution is 2.11. The van der Waals surface area contributed by atoms with Gasteiger partial charge in [0.15, 0.2) is 11.9 Å². The highest BCUT2D eigenvalue weighted by Gasteiger charge is 2.00. The van der Waals surface area contributed by atoms with Crippen molar-refractivity contribution in [1.82, 2.24) is 4.98 Å². The van der Waals surface area contributed by atoms with Gasteiger partial charge in [0, 0.05) is 12.6 Å². The van der Waals surface area contributed by atoms with E-state index in [1.807, 2.05) is 12.1 Å². The number of oxazole rings is 1. The van der Waals surface area contributed by atoms with E-state index in [1.165, 1.54) is 5.56 Å². The average molecular weight is 258 g/mol. The smallest absolute Gasteiger partial charge is 0.193 e. The molecule has 2 aromatic rings. The van der Waals surface area contributed by atoms with Crippen LogP contribution in [0, 0.1) is 6.92 Å². The van der Waals surface area contributed by atoms with Crippen molar-refractivity contribution in [3.05, 3.63) is 47.7 Å². The maximum atomic E-state index is 5.83. The molecule has 100 valence electrons. The summed E-state index contributed by atoms with van der Waals surface area (Å²) in [5.41, 5.74) is 8.02. The molecule has 1 aromatic carbocycles. The lowest BCUT2D eigenvalue weighted by atomic mass is 10.1. The van der Waals surface area contributed by atoms with Gasteiger partial charge >= 0.3 is 0 Å². The van der Waals surface area contributed by atoms with Gasteiger partial charge in [0.25, 0.3) is 0 Å². The molecule has 3 N–H and O–H groups in total. The van der Waals surface area contributed by atoms with Crippen LogP contribution < -0.4 is 11.1 Å². The molecule has 0 spiro atoms. The maximum absolute atomic E-state index is 5.83. The quantitative estimate of drug-likeness (QED) is 0.652. The molecule has 0 fully saturated rings. The molecule has 0 bridgehead atoms. The summed E-state index contributed by atoms with van der Waals surface area (Å²) in [4.78, 5) is 8.21. The molecule has 2 rings (SSSR count). The van der Waals surface area contributed by atoms with E-state index in [0.717, 1.165) is 12.1 Å². The number of nitrogens with zero attached hydrogens (tertiary/aromatic N) is 2. The predicted molar refractivity (Wildman–Crippen MR) is 76.0 cm³/mol. The molecule has 19 heavy (non-hydrogen) atoms. The number of aliphatic imine (C=N–C) groups is 1. The fourth-order valence-electron chi connectivity index (χ4n) is 1.70. The highest BCUT2D eigenvalue weighted by atomic mass is 16.4. The molecule has 5 heteroatoms. The molecular weight excluding hydrogens is 240 g/mol. The van der Waals surface area contributed by atoms with Crippen LogP contribution in [0.2, 0.25) is 0 Å². The van der Waals surface area contributed by atoms with Crippen LogP contribution in [-0.2, 0) is 13.0 Å². The van der Waals surface area contributed by atoms with Crippen molar-refractivity contribution in [3.8, 4) is 0 Å². The zero-order chi connectivity index (χ0) is 13.7. The summed E-state index contributed by atoms with van der Waals surface area (Å²) < 4.78 is 5.32. The second-order valence-electron chi connectivity index (χ2n) is 4.23. The van der Waals surface area contributed by atoms with Gasteiger partial charge in [0.2, 0.25) is 0 Å². The van der Waals surface area contributed by atoms with Crippen LogP contribution in [0.5, 0.6) is 0 Å². The summed E-state index contributed by atoms with van der Waals surface area (Å²) in [5.74, 6) is 1.69. The molecule has 0 saturated carbocycles. The lowest BCUT2D eigenvalue weighted by Gasteiger charge is -2.06. The van der Waals surface area contributed by atoms with E-state index >= 15 is 0 Å². The van der Waals surface area contributed by atoms with Crippen LogP contribution in [0.4, 0.5) is 5.69 Å². The lowest BCUT2D eigenvalue weighted by molar-refractivity contribution is 0.477. The molecule has 0 radical (unpaired) electrons. The lowest BCUT2D eigenvalue weighted by Crippen LogP contribution is -2.22. The first-order valence-corrected chi connectivity index (χ1v) is 6.24. The second-order valence-corrected chi connectivity index (χ2v) is 4.23. The summed E-state index contributed by atoms with van der Waals surface area (Å²) in [6.07, 6.45) is 2.65. The number of nitrogens with two attached hydrogens (primary N) is 1. The highest BCUT2D eigenvalue weighted by molar-refractivity contribution is 5.92. The van der Waals surface area contributed by atoms with Gasteiger partial charge in [-0.3, -0.25) is 0 Å². The van der Waals surface area contributed by atoms with Crippen molar-refractivity contribution in [1.29, 1.82) is 0 Å². The molecule has 1 heterocycles. The minimum atomic E-state index is 0.363. The molecule has 0 aliphatic heterocycles. The topological polar surface area (TPSA) is 76.4 Å². The van der Waals surface area contributed by atoms with Crippen molar-refractivity contribution in [2.45, 2.75) is 26.8 Å². The Morgan fingerprint density at radius 3 is 3.00 bits per heavy atom. The van der Waals surface area contributed by atoms with E-state index in [4.69, 9.17) is 10.2 Å². The van der Waals surface area contributed by atoms with Crippen molar-refractivity contribution in [2.75, 3.05) is 5.32 Å². The average Bonchev–Trinajstić information content (AvgIpc) is 2.82. The minimum Gasteiger partial charge on any atom is -0.444 e. The van der Waals surface area contributed by atoms with Crippen molar-refractivity contribution in [3.63, 3.8) is 0 Å². The first kappa shape index (κ1) is 13.1. The fraction of sp³-hybridized carbons (Fsp3) is 0.286. The maximum Gasteiger partial charge on any atom is 0.193 e. The Hall–Kier alpha value is -2.30. The number of benzene rings is 1. The number of guanidine groups is 1. The number of aromatic nitrogens is 1. The van der Waals surface area contributed by atoms with Crippen LogP contribution in [-0.4, -0.2) is 10.9 Å². The van der Waals surface area contributed by atoms with Gasteiger partial charge in [-0.15, -0.1) is 0 Å². The Morgan fingerprint density at radius 1 is 1.47 bits per heavy atom. The number of hydrogen-bond donors (Lipinski definition) is 2. The van der Waals surface area contributed by atoms with E-state index in [0.29, 0.717) is 24.2 Å². The van der Waals surface area contributed by atoms with Crippen LogP contribution in [0.1, 0.15) is 24.1 Å². The number of rotatable bonds is 4. The normalized spacial score (nSPS) is 11.6. The van der Waals surface area contributed by atoms with E-state index in [2.05, 4.69) is 34.3 Å². The Labute approximate surface area is 112 Å². The predicted octanol–water partition coefficient (Wildman–Crippen LogP) is 2.47. The summed E-state index contributed by atoms with van der Waals surface area (Å²) in [6.45, 7) is 4.29. The van der Waals surface area contributed by atoms with Crippen LogP contribution in [0.3, 0.4) is 0 Å². The Kier molecular flexibility index (Phi) is 4.18. The number of nitrogens with one attached hydrogen (secondary N) is 1. The fourth-order valence-corrected chi connectivity index (χ4v) is 1.70. The van der Waals surface area contributed by atoms with E-state index in [-0.39, 0.29) is 0 Å². The number of hydrogen-bond acceptors (Lipinski definition) is 3. The van der Waals surface area contributed by atoms with Gasteiger partial charge in [0.05, 0.1) is 6.20 Å². The molecule has 1 aromatic heterocycles. The Balaban J connectivity index is 1.97. The van der Waals surface area contributed by atoms with Crippen LogP contribution >= 0.6 is 0 Å². The third-order valence-electron chi connectivity index (χ3n) is 2.68. The number of anilines is 1. The molecule has 5 nitrogen and oxygen atoms in total. The van der Waals surface area contributed by atoms with Gasteiger partial charge < -0.3 is 15.5 Å². The van der Waals surface area contributed by atoms with Gasteiger partial charge in [-0.25, -0.2) is 9.98 Å². The van der Waals surface area contributed by atoms with Gasteiger partial charge in [-0.1, -0.05) is 19.1 Å². The second kappa shape index (κ2) is 6.04. The van der Waals surface area contributed by atoms with Crippen molar-refractivity contribution in [2.24, 2.45) is 10.7 Å². The minimum absolute atomic E-state index is 0.363. The van der Waals surface area contributed by atoms with Crippen molar-refractivity contribution >= 4 is 11.6 Å². The third-order valence-corrected chi connectivity index (χ3v) is 2.68. The molecule has 0 amide bonds. The summed E-state index contributed by atoms with van der Waals surface area (Å²) in [5, 5.41) is 3.06. The third kappa shape index (κ3) is 3.84.